The molecular weight excluding hydrogens is 310 g/mol. The number of halogens is 1. The van der Waals surface area contributed by atoms with Crippen molar-refractivity contribution < 1.29 is 9.21 Å². The first-order valence-electron chi connectivity index (χ1n) is 7.41. The van der Waals surface area contributed by atoms with Crippen molar-refractivity contribution in [2.75, 3.05) is 20.6 Å². The molecule has 3 nitrogen and oxygen atoms in total. The number of Topliss-reactive ketones (excluding diaryl/α,β-unsaturated/α-hetero) is 1. The Labute approximate surface area is 142 Å². The van der Waals surface area contributed by atoms with Crippen LogP contribution in [0, 0.1) is 0 Å². The molecule has 2 aromatic carbocycles. The number of hydrogen-bond acceptors (Lipinski definition) is 3. The summed E-state index contributed by atoms with van der Waals surface area (Å²) in [6.07, 6.45) is 0.483. The number of furan rings is 1. The van der Waals surface area contributed by atoms with E-state index >= 15 is 0 Å². The Hall–Kier alpha value is -2.10. The molecule has 0 spiro atoms. The highest BCUT2D eigenvalue weighted by molar-refractivity contribution is 6.12. The molecule has 0 unspecified atom stereocenters. The molecule has 1 heterocycles. The maximum absolute atomic E-state index is 12.7. The highest BCUT2D eigenvalue weighted by Gasteiger charge is 2.21. The zero-order valence-corrected chi connectivity index (χ0v) is 14.1. The van der Waals surface area contributed by atoms with Gasteiger partial charge in [-0.15, -0.1) is 12.4 Å². The van der Waals surface area contributed by atoms with E-state index in [0.29, 0.717) is 17.7 Å². The van der Waals surface area contributed by atoms with Crippen molar-refractivity contribution in [3.05, 3.63) is 60.2 Å². The number of carbonyl (C=O) groups excluding carboxylic acids is 1. The lowest BCUT2D eigenvalue weighted by molar-refractivity contribution is 0.0974. The largest absolute Gasteiger partial charge is 0.455 e. The topological polar surface area (TPSA) is 33.5 Å². The third-order valence-electron chi connectivity index (χ3n) is 3.70. The molecule has 0 fully saturated rings. The van der Waals surface area contributed by atoms with Crippen LogP contribution in [0.4, 0.5) is 0 Å². The van der Waals surface area contributed by atoms with Gasteiger partial charge in [0.25, 0.3) is 0 Å². The summed E-state index contributed by atoms with van der Waals surface area (Å²) in [6, 6.07) is 17.5. The quantitative estimate of drug-likeness (QED) is 0.638. The first-order valence-corrected chi connectivity index (χ1v) is 7.41. The molecular formula is C19H20ClNO2. The van der Waals surface area contributed by atoms with Gasteiger partial charge in [-0.05, 0) is 20.2 Å². The normalized spacial score (nSPS) is 10.7. The van der Waals surface area contributed by atoms with Crippen LogP contribution in [0.2, 0.25) is 0 Å². The minimum absolute atomic E-state index is 0. The summed E-state index contributed by atoms with van der Waals surface area (Å²) in [5, 5.41) is 0.894. The van der Waals surface area contributed by atoms with Gasteiger partial charge in [-0.2, -0.15) is 0 Å². The number of rotatable bonds is 5. The van der Waals surface area contributed by atoms with Gasteiger partial charge in [0.15, 0.2) is 5.78 Å². The molecule has 0 saturated carbocycles. The average Bonchev–Trinajstić information content (AvgIpc) is 2.93. The monoisotopic (exact) mass is 329 g/mol. The van der Waals surface area contributed by atoms with Gasteiger partial charge in [0, 0.05) is 23.9 Å². The Kier molecular flexibility index (Phi) is 5.59. The lowest BCUT2D eigenvalue weighted by Gasteiger charge is -2.08. The van der Waals surface area contributed by atoms with Crippen LogP contribution in [0.15, 0.2) is 59.0 Å². The summed E-state index contributed by atoms with van der Waals surface area (Å²) in [5.74, 6) is 0.794. The molecule has 0 radical (unpaired) electrons. The number of para-hydroxylation sites is 1. The van der Waals surface area contributed by atoms with Crippen LogP contribution in [-0.4, -0.2) is 31.3 Å². The van der Waals surface area contributed by atoms with Gasteiger partial charge in [-0.25, -0.2) is 0 Å². The Morgan fingerprint density at radius 1 is 1.00 bits per heavy atom. The second-order valence-electron chi connectivity index (χ2n) is 5.64. The molecule has 0 amide bonds. The van der Waals surface area contributed by atoms with Crippen molar-refractivity contribution >= 4 is 29.2 Å². The molecule has 0 bridgehead atoms. The van der Waals surface area contributed by atoms with Crippen molar-refractivity contribution in [3.63, 3.8) is 0 Å². The smallest absolute Gasteiger partial charge is 0.168 e. The third-order valence-corrected chi connectivity index (χ3v) is 3.70. The standard InChI is InChI=1S/C19H19NO2.ClH/c1-20(2)13-12-16(21)18-15-10-6-7-11-17(15)22-19(18)14-8-4-3-5-9-14;/h3-11H,12-13H2,1-2H3;1H. The van der Waals surface area contributed by atoms with Crippen LogP contribution in [0.3, 0.4) is 0 Å². The van der Waals surface area contributed by atoms with E-state index in [1.54, 1.807) is 0 Å². The minimum Gasteiger partial charge on any atom is -0.455 e. The number of nitrogens with zero attached hydrogens (tertiary/aromatic N) is 1. The van der Waals surface area contributed by atoms with Crippen LogP contribution < -0.4 is 0 Å². The van der Waals surface area contributed by atoms with Gasteiger partial charge in [0.2, 0.25) is 0 Å². The van der Waals surface area contributed by atoms with Crippen molar-refractivity contribution in [2.45, 2.75) is 6.42 Å². The predicted octanol–water partition coefficient (Wildman–Crippen LogP) is 4.66. The first kappa shape index (κ1) is 17.3. The van der Waals surface area contributed by atoms with E-state index in [4.69, 9.17) is 4.42 Å². The molecule has 3 aromatic rings. The van der Waals surface area contributed by atoms with Gasteiger partial charge in [-0.1, -0.05) is 48.5 Å². The summed E-state index contributed by atoms with van der Waals surface area (Å²) in [7, 11) is 3.94. The number of ketones is 1. The van der Waals surface area contributed by atoms with E-state index in [1.807, 2.05) is 73.6 Å². The van der Waals surface area contributed by atoms with Crippen LogP contribution in [-0.2, 0) is 0 Å². The molecule has 0 N–H and O–H groups in total. The molecule has 0 aliphatic heterocycles. The van der Waals surface area contributed by atoms with E-state index < -0.39 is 0 Å². The van der Waals surface area contributed by atoms with Crippen LogP contribution in [0.25, 0.3) is 22.3 Å². The third kappa shape index (κ3) is 3.63. The molecule has 0 aliphatic carbocycles. The molecule has 0 atom stereocenters. The molecule has 0 saturated heterocycles. The summed E-state index contributed by atoms with van der Waals surface area (Å²) in [5.41, 5.74) is 2.39. The van der Waals surface area contributed by atoms with Gasteiger partial charge in [0.05, 0.1) is 5.56 Å². The van der Waals surface area contributed by atoms with Crippen molar-refractivity contribution in [1.29, 1.82) is 0 Å². The predicted molar refractivity (Wildman–Crippen MR) is 96.4 cm³/mol. The zero-order valence-electron chi connectivity index (χ0n) is 13.3. The Morgan fingerprint density at radius 3 is 2.35 bits per heavy atom. The number of carbonyl (C=O) groups is 1. The fraction of sp³-hybridized carbons (Fsp3) is 0.211. The van der Waals surface area contributed by atoms with Crippen molar-refractivity contribution in [1.82, 2.24) is 4.90 Å². The summed E-state index contributed by atoms with van der Waals surface area (Å²) < 4.78 is 5.98. The summed E-state index contributed by atoms with van der Waals surface area (Å²) in [6.45, 7) is 0.729. The fourth-order valence-electron chi connectivity index (χ4n) is 2.57. The van der Waals surface area contributed by atoms with Crippen molar-refractivity contribution in [2.24, 2.45) is 0 Å². The molecule has 3 rings (SSSR count). The Morgan fingerprint density at radius 2 is 1.65 bits per heavy atom. The van der Waals surface area contributed by atoms with E-state index in [-0.39, 0.29) is 18.2 Å². The second kappa shape index (κ2) is 7.44. The molecule has 1 aromatic heterocycles. The first-order chi connectivity index (χ1) is 10.7. The maximum Gasteiger partial charge on any atom is 0.168 e. The summed E-state index contributed by atoms with van der Waals surface area (Å²) >= 11 is 0. The molecule has 0 aliphatic rings. The lowest BCUT2D eigenvalue weighted by atomic mass is 10.0. The van der Waals surface area contributed by atoms with Gasteiger partial charge >= 0.3 is 0 Å². The Balaban J connectivity index is 0.00000192. The molecule has 4 heteroatoms. The highest BCUT2D eigenvalue weighted by atomic mass is 35.5. The highest BCUT2D eigenvalue weighted by Crippen LogP contribution is 2.34. The maximum atomic E-state index is 12.7. The van der Waals surface area contributed by atoms with Gasteiger partial charge in [-0.3, -0.25) is 4.79 Å². The average molecular weight is 330 g/mol. The SMILES string of the molecule is CN(C)CCC(=O)c1c(-c2ccccc2)oc2ccccc12.Cl. The number of fused-ring (bicyclic) bond motifs is 1. The van der Waals surface area contributed by atoms with E-state index in [9.17, 15) is 4.79 Å². The van der Waals surface area contributed by atoms with E-state index in [0.717, 1.165) is 23.1 Å². The zero-order chi connectivity index (χ0) is 15.5. The van der Waals surface area contributed by atoms with E-state index in [2.05, 4.69) is 0 Å². The van der Waals surface area contributed by atoms with E-state index in [1.165, 1.54) is 0 Å². The molecule has 23 heavy (non-hydrogen) atoms. The second-order valence-corrected chi connectivity index (χ2v) is 5.64. The lowest BCUT2D eigenvalue weighted by Crippen LogP contribution is -2.16. The van der Waals surface area contributed by atoms with Gasteiger partial charge < -0.3 is 9.32 Å². The fourth-order valence-corrected chi connectivity index (χ4v) is 2.57. The molecule has 120 valence electrons. The van der Waals surface area contributed by atoms with Crippen LogP contribution >= 0.6 is 12.4 Å². The number of benzene rings is 2. The van der Waals surface area contributed by atoms with Crippen LogP contribution in [0.5, 0.6) is 0 Å². The Bertz CT molecular complexity index is 793. The number of hydrogen-bond donors (Lipinski definition) is 0. The van der Waals surface area contributed by atoms with Crippen molar-refractivity contribution in [3.8, 4) is 11.3 Å². The minimum atomic E-state index is 0. The summed E-state index contributed by atoms with van der Waals surface area (Å²) in [4.78, 5) is 14.7. The van der Waals surface area contributed by atoms with Gasteiger partial charge in [0.1, 0.15) is 11.3 Å². The van der Waals surface area contributed by atoms with Crippen LogP contribution in [0.1, 0.15) is 16.8 Å².